The van der Waals surface area contributed by atoms with Gasteiger partial charge in [0.05, 0.1) is 25.2 Å². The van der Waals surface area contributed by atoms with Crippen LogP contribution in [0.5, 0.6) is 5.75 Å². The van der Waals surface area contributed by atoms with E-state index in [2.05, 4.69) is 5.32 Å². The van der Waals surface area contributed by atoms with Crippen LogP contribution in [0.1, 0.15) is 51.4 Å². The van der Waals surface area contributed by atoms with Crippen molar-refractivity contribution < 1.29 is 32.5 Å². The highest BCUT2D eigenvalue weighted by atomic mass is 32.2. The molecule has 0 aromatic heterocycles. The molecule has 2 fully saturated rings. The number of aliphatic hydroxyl groups excluding tert-OH is 1. The molecule has 1 heterocycles. The second kappa shape index (κ2) is 12.4. The maximum atomic E-state index is 13.1. The van der Waals surface area contributed by atoms with Gasteiger partial charge < -0.3 is 24.6 Å². The summed E-state index contributed by atoms with van der Waals surface area (Å²) < 4.78 is 44.5. The summed E-state index contributed by atoms with van der Waals surface area (Å²) in [5, 5.41) is 12.5. The molecule has 0 bridgehead atoms. The van der Waals surface area contributed by atoms with Gasteiger partial charge in [0, 0.05) is 25.6 Å². The molecule has 3 aliphatic rings. The highest BCUT2D eigenvalue weighted by Crippen LogP contribution is 2.37. The van der Waals surface area contributed by atoms with E-state index in [1.54, 1.807) is 12.1 Å². The number of nitrogens with zero attached hydrogens (tertiary/aromatic N) is 1. The number of nitrogens with one attached hydrogen (secondary N) is 1. The third-order valence-corrected chi connectivity index (χ3v) is 9.08. The molecule has 1 aromatic carbocycles. The number of hydrogen-bond donors (Lipinski definition) is 2. The minimum atomic E-state index is -3.83. The van der Waals surface area contributed by atoms with E-state index in [1.165, 1.54) is 42.8 Å². The van der Waals surface area contributed by atoms with Crippen LogP contribution in [0.2, 0.25) is 0 Å². The highest BCUT2D eigenvalue weighted by molar-refractivity contribution is 7.89. The minimum Gasteiger partial charge on any atom is -0.497 e. The summed E-state index contributed by atoms with van der Waals surface area (Å²) in [6, 6.07) is 6.36. The summed E-state index contributed by atoms with van der Waals surface area (Å²) in [6.07, 6.45) is 9.89. The number of methoxy groups -OCH3 is 1. The normalized spacial score (nSPS) is 23.1. The lowest BCUT2D eigenvalue weighted by atomic mass is 9.77. The van der Waals surface area contributed by atoms with Gasteiger partial charge >= 0.3 is 0 Å². The number of benzene rings is 1. The number of amides is 1. The Balaban J connectivity index is 1.39. The monoisotopic (exact) mass is 522 g/mol. The smallest absolute Gasteiger partial charge is 0.286 e. The van der Waals surface area contributed by atoms with Gasteiger partial charge in [-0.3, -0.25) is 4.79 Å². The van der Waals surface area contributed by atoms with Crippen LogP contribution in [-0.4, -0.2) is 69.5 Å². The molecule has 2 atom stereocenters. The molecule has 0 unspecified atom stereocenters. The third-order valence-electron chi connectivity index (χ3n) is 7.17. The van der Waals surface area contributed by atoms with E-state index in [0.717, 1.165) is 25.7 Å². The first kappa shape index (κ1) is 26.9. The second-order valence-electron chi connectivity index (χ2n) is 9.80. The molecular weight excluding hydrogens is 484 g/mol. The molecule has 9 nitrogen and oxygen atoms in total. The lowest BCUT2D eigenvalue weighted by Crippen LogP contribution is -2.39. The van der Waals surface area contributed by atoms with Crippen molar-refractivity contribution in [3.63, 3.8) is 0 Å². The molecule has 2 aliphatic carbocycles. The van der Waals surface area contributed by atoms with E-state index in [-0.39, 0.29) is 49.1 Å². The molecule has 1 aromatic rings. The molecule has 4 rings (SSSR count). The van der Waals surface area contributed by atoms with Gasteiger partial charge in [-0.1, -0.05) is 19.3 Å². The maximum absolute atomic E-state index is 13.1. The number of ether oxygens (including phenoxy) is 3. The second-order valence-corrected chi connectivity index (χ2v) is 11.7. The summed E-state index contributed by atoms with van der Waals surface area (Å²) in [4.78, 5) is 12.9. The van der Waals surface area contributed by atoms with E-state index >= 15 is 0 Å². The van der Waals surface area contributed by atoms with Crippen LogP contribution < -0.4 is 10.1 Å². The lowest BCUT2D eigenvalue weighted by molar-refractivity contribution is -0.151. The Bertz CT molecular complexity index is 1000. The van der Waals surface area contributed by atoms with Gasteiger partial charge in [-0.15, -0.1) is 0 Å². The van der Waals surface area contributed by atoms with Gasteiger partial charge in [0.2, 0.25) is 16.3 Å². The fourth-order valence-corrected chi connectivity index (χ4v) is 6.38. The first-order valence-electron chi connectivity index (χ1n) is 13.0. The molecule has 200 valence electrons. The largest absolute Gasteiger partial charge is 0.497 e. The van der Waals surface area contributed by atoms with Crippen molar-refractivity contribution in [2.45, 2.75) is 68.6 Å². The van der Waals surface area contributed by atoms with E-state index in [9.17, 15) is 18.3 Å². The number of aliphatic hydroxyl groups is 1. The van der Waals surface area contributed by atoms with Crippen molar-refractivity contribution in [1.82, 2.24) is 9.62 Å². The first-order chi connectivity index (χ1) is 17.4. The quantitative estimate of drug-likeness (QED) is 0.434. The van der Waals surface area contributed by atoms with Crippen molar-refractivity contribution in [3.8, 4) is 5.75 Å². The van der Waals surface area contributed by atoms with Gasteiger partial charge in [0.15, 0.2) is 5.76 Å². The first-order valence-corrected chi connectivity index (χ1v) is 14.4. The van der Waals surface area contributed by atoms with Gasteiger partial charge in [0.25, 0.3) is 5.91 Å². The van der Waals surface area contributed by atoms with Gasteiger partial charge in [0.1, 0.15) is 5.75 Å². The third kappa shape index (κ3) is 7.00. The molecule has 2 saturated carbocycles. The number of hydrogen-bond acceptors (Lipinski definition) is 7. The SMILES string of the molecule is COc1ccc(S(=O)(=O)N(CCO)CCO[C@@H]2C[C@H](C3CCCCC3)C=C(C(=O)NC3CC3)O2)cc1. The number of allylic oxidation sites excluding steroid dienone is 1. The van der Waals surface area contributed by atoms with Crippen molar-refractivity contribution >= 4 is 15.9 Å². The van der Waals surface area contributed by atoms with Gasteiger partial charge in [-0.2, -0.15) is 4.31 Å². The summed E-state index contributed by atoms with van der Waals surface area (Å²) in [7, 11) is -2.31. The Hall–Kier alpha value is -2.14. The average Bonchev–Trinajstić information content (AvgIpc) is 3.72. The van der Waals surface area contributed by atoms with Crippen LogP contribution in [0, 0.1) is 11.8 Å². The van der Waals surface area contributed by atoms with E-state index in [1.807, 2.05) is 6.08 Å². The van der Waals surface area contributed by atoms with Crippen LogP contribution in [0.25, 0.3) is 0 Å². The maximum Gasteiger partial charge on any atom is 0.286 e. The molecule has 36 heavy (non-hydrogen) atoms. The molecular formula is C26H38N2O7S. The Morgan fingerprint density at radius 1 is 1.11 bits per heavy atom. The van der Waals surface area contributed by atoms with Gasteiger partial charge in [-0.25, -0.2) is 8.42 Å². The number of rotatable bonds is 12. The van der Waals surface area contributed by atoms with E-state index in [0.29, 0.717) is 23.8 Å². The molecule has 10 heteroatoms. The number of carbonyl (C=O) groups excluding carboxylic acids is 1. The lowest BCUT2D eigenvalue weighted by Gasteiger charge is -2.35. The molecule has 0 saturated heterocycles. The van der Waals surface area contributed by atoms with Crippen molar-refractivity contribution in [2.75, 3.05) is 33.4 Å². The van der Waals surface area contributed by atoms with Crippen LogP contribution in [0.4, 0.5) is 0 Å². The van der Waals surface area contributed by atoms with Crippen LogP contribution >= 0.6 is 0 Å². The Morgan fingerprint density at radius 2 is 1.83 bits per heavy atom. The van der Waals surface area contributed by atoms with Crippen LogP contribution in [-0.2, 0) is 24.3 Å². The zero-order valence-corrected chi connectivity index (χ0v) is 21.8. The predicted molar refractivity (Wildman–Crippen MR) is 134 cm³/mol. The van der Waals surface area contributed by atoms with Crippen molar-refractivity contribution in [3.05, 3.63) is 36.1 Å². The fourth-order valence-electron chi connectivity index (χ4n) is 4.97. The van der Waals surface area contributed by atoms with Crippen molar-refractivity contribution in [2.24, 2.45) is 11.8 Å². The Morgan fingerprint density at radius 3 is 2.47 bits per heavy atom. The summed E-state index contributed by atoms with van der Waals surface area (Å²) >= 11 is 0. The molecule has 0 radical (unpaired) electrons. The molecule has 0 spiro atoms. The Kier molecular flexibility index (Phi) is 9.27. The average molecular weight is 523 g/mol. The van der Waals surface area contributed by atoms with Crippen molar-refractivity contribution in [1.29, 1.82) is 0 Å². The van der Waals surface area contributed by atoms with E-state index < -0.39 is 16.3 Å². The predicted octanol–water partition coefficient (Wildman–Crippen LogP) is 2.80. The standard InChI is InChI=1S/C26H38N2O7S/c1-33-22-9-11-23(12-10-22)36(31,32)28(13-15-29)14-16-34-25-18-20(19-5-3-2-4-6-19)17-24(35-25)26(30)27-21-7-8-21/h9-12,17,19-21,25,29H,2-8,13-16,18H2,1H3,(H,27,30)/t20-,25+/m1/s1. The minimum absolute atomic E-state index is 0.0518. The molecule has 2 N–H and O–H groups in total. The zero-order chi connectivity index (χ0) is 25.5. The molecule has 1 amide bonds. The van der Waals surface area contributed by atoms with E-state index in [4.69, 9.17) is 14.2 Å². The van der Waals surface area contributed by atoms with Crippen LogP contribution in [0.15, 0.2) is 41.0 Å². The van der Waals surface area contributed by atoms with Crippen LogP contribution in [0.3, 0.4) is 0 Å². The fraction of sp³-hybridized carbons (Fsp3) is 0.654. The van der Waals surface area contributed by atoms with Gasteiger partial charge in [-0.05, 0) is 67.9 Å². The highest BCUT2D eigenvalue weighted by Gasteiger charge is 2.35. The number of sulfonamides is 1. The number of carbonyl (C=O) groups is 1. The summed E-state index contributed by atoms with van der Waals surface area (Å²) in [5.74, 6) is 1.37. The Labute approximate surface area is 213 Å². The summed E-state index contributed by atoms with van der Waals surface area (Å²) in [6.45, 7) is -0.235. The topological polar surface area (TPSA) is 114 Å². The molecule has 1 aliphatic heterocycles. The zero-order valence-electron chi connectivity index (χ0n) is 20.9. The summed E-state index contributed by atoms with van der Waals surface area (Å²) in [5.41, 5.74) is 0.